The van der Waals surface area contributed by atoms with Gasteiger partial charge in [0.1, 0.15) is 12.1 Å². The van der Waals surface area contributed by atoms with E-state index in [0.717, 1.165) is 31.4 Å². The second-order valence-corrected chi connectivity index (χ2v) is 6.77. The van der Waals surface area contributed by atoms with Gasteiger partial charge in [-0.25, -0.2) is 9.97 Å². The molecule has 0 unspecified atom stereocenters. The molecule has 0 saturated carbocycles. The quantitative estimate of drug-likeness (QED) is 0.571. The van der Waals surface area contributed by atoms with E-state index in [1.54, 1.807) is 23.5 Å². The van der Waals surface area contributed by atoms with E-state index in [1.165, 1.54) is 6.33 Å². The Morgan fingerprint density at radius 1 is 1.08 bits per heavy atom. The largest absolute Gasteiger partial charge is 0.382 e. The van der Waals surface area contributed by atoms with Crippen LogP contribution in [-0.4, -0.2) is 15.9 Å². The summed E-state index contributed by atoms with van der Waals surface area (Å²) in [4.78, 5) is 19.8. The third-order valence-electron chi connectivity index (χ3n) is 3.85. The molecule has 4 rings (SSSR count). The highest BCUT2D eigenvalue weighted by molar-refractivity contribution is 7.26. The monoisotopic (exact) mass is 354 g/mol. The van der Waals surface area contributed by atoms with Crippen molar-refractivity contribution >= 4 is 55.0 Å². The van der Waals surface area contributed by atoms with Crippen LogP contribution in [0.3, 0.4) is 0 Å². The maximum atomic E-state index is 11.5. The fraction of sp³-hybridized carbons (Fsp3) is 0. The molecule has 2 aromatic carbocycles. The van der Waals surface area contributed by atoms with Crippen LogP contribution >= 0.6 is 22.9 Å². The maximum Gasteiger partial charge on any atom is 0.250 e. The van der Waals surface area contributed by atoms with Gasteiger partial charge < -0.3 is 11.5 Å². The van der Waals surface area contributed by atoms with Crippen molar-refractivity contribution in [2.45, 2.75) is 0 Å². The van der Waals surface area contributed by atoms with Crippen LogP contribution in [-0.2, 0) is 0 Å². The number of carbonyl (C=O) groups is 1. The summed E-state index contributed by atoms with van der Waals surface area (Å²) in [5, 5.41) is 1.37. The molecule has 118 valence electrons. The summed E-state index contributed by atoms with van der Waals surface area (Å²) in [7, 11) is 0. The van der Waals surface area contributed by atoms with Crippen molar-refractivity contribution in [3.05, 3.63) is 53.3 Å². The molecule has 0 aliphatic carbocycles. The highest BCUT2D eigenvalue weighted by Crippen LogP contribution is 2.37. The lowest BCUT2D eigenvalue weighted by molar-refractivity contribution is 0.100. The Morgan fingerprint density at radius 3 is 2.62 bits per heavy atom. The van der Waals surface area contributed by atoms with Crippen LogP contribution in [0.5, 0.6) is 0 Å². The van der Waals surface area contributed by atoms with Gasteiger partial charge in [-0.3, -0.25) is 4.79 Å². The Balaban J connectivity index is 1.92. The molecule has 0 bridgehead atoms. The fourth-order valence-electron chi connectivity index (χ4n) is 2.67. The lowest BCUT2D eigenvalue weighted by Crippen LogP contribution is -2.11. The van der Waals surface area contributed by atoms with Crippen molar-refractivity contribution < 1.29 is 4.79 Å². The van der Waals surface area contributed by atoms with E-state index in [4.69, 9.17) is 23.1 Å². The highest BCUT2D eigenvalue weighted by Gasteiger charge is 2.12. The Kier molecular flexibility index (Phi) is 3.37. The van der Waals surface area contributed by atoms with Crippen molar-refractivity contribution in [2.75, 3.05) is 5.73 Å². The standard InChI is InChI=1S/C17H11ClN4OS/c18-12-4-2-8(5-11(12)17(20)23)9-1-3-10-13(6-9)24-15-14(10)21-7-22-16(15)19/h1-7H,(H2,20,23)(H2,19,21,22). The van der Waals surface area contributed by atoms with E-state index in [1.807, 2.05) is 24.3 Å². The first-order chi connectivity index (χ1) is 11.5. The lowest BCUT2D eigenvalue weighted by atomic mass is 10.0. The average Bonchev–Trinajstić information content (AvgIpc) is 2.94. The van der Waals surface area contributed by atoms with Crippen LogP contribution in [0.25, 0.3) is 31.4 Å². The summed E-state index contributed by atoms with van der Waals surface area (Å²) < 4.78 is 1.92. The van der Waals surface area contributed by atoms with Crippen molar-refractivity contribution in [3.8, 4) is 11.1 Å². The SMILES string of the molecule is NC(=O)c1cc(-c2ccc3c(c2)sc2c(N)ncnc23)ccc1Cl. The number of amides is 1. The van der Waals surface area contributed by atoms with Crippen molar-refractivity contribution in [3.63, 3.8) is 0 Å². The Bertz CT molecular complexity index is 1120. The average molecular weight is 355 g/mol. The summed E-state index contributed by atoms with van der Waals surface area (Å²) in [6.45, 7) is 0. The predicted octanol–water partition coefficient (Wildman–Crippen LogP) is 3.85. The molecule has 0 saturated heterocycles. The van der Waals surface area contributed by atoms with Gasteiger partial charge in [0.2, 0.25) is 5.91 Å². The van der Waals surface area contributed by atoms with Gasteiger partial charge in [-0.2, -0.15) is 0 Å². The van der Waals surface area contributed by atoms with E-state index < -0.39 is 5.91 Å². The number of aromatic nitrogens is 2. The zero-order chi connectivity index (χ0) is 16.8. The van der Waals surface area contributed by atoms with Gasteiger partial charge in [0.15, 0.2) is 0 Å². The molecular formula is C17H11ClN4OS. The van der Waals surface area contributed by atoms with Crippen LogP contribution in [0.4, 0.5) is 5.82 Å². The number of fused-ring (bicyclic) bond motifs is 3. The number of carbonyl (C=O) groups excluding carboxylic acids is 1. The van der Waals surface area contributed by atoms with E-state index in [-0.39, 0.29) is 0 Å². The molecule has 0 aliphatic rings. The summed E-state index contributed by atoms with van der Waals surface area (Å²) in [5.41, 5.74) is 14.3. The smallest absolute Gasteiger partial charge is 0.250 e. The Morgan fingerprint density at radius 2 is 1.83 bits per heavy atom. The number of nitrogen functional groups attached to an aromatic ring is 1. The highest BCUT2D eigenvalue weighted by atomic mass is 35.5. The van der Waals surface area contributed by atoms with Crippen molar-refractivity contribution in [1.82, 2.24) is 9.97 Å². The summed E-state index contributed by atoms with van der Waals surface area (Å²) in [6.07, 6.45) is 1.47. The van der Waals surface area contributed by atoms with Crippen LogP contribution in [0.1, 0.15) is 10.4 Å². The zero-order valence-electron chi connectivity index (χ0n) is 12.3. The molecular weight excluding hydrogens is 344 g/mol. The van der Waals surface area contributed by atoms with Gasteiger partial charge in [-0.05, 0) is 29.3 Å². The summed E-state index contributed by atoms with van der Waals surface area (Å²) in [6, 6.07) is 11.2. The number of hydrogen-bond donors (Lipinski definition) is 2. The van der Waals surface area contributed by atoms with Crippen LogP contribution in [0.15, 0.2) is 42.7 Å². The summed E-state index contributed by atoms with van der Waals surface area (Å²) >= 11 is 7.56. The lowest BCUT2D eigenvalue weighted by Gasteiger charge is -2.05. The fourth-order valence-corrected chi connectivity index (χ4v) is 3.97. The molecule has 0 radical (unpaired) electrons. The van der Waals surface area contributed by atoms with Gasteiger partial charge in [-0.15, -0.1) is 11.3 Å². The maximum absolute atomic E-state index is 11.5. The van der Waals surface area contributed by atoms with E-state index >= 15 is 0 Å². The molecule has 0 aliphatic heterocycles. The molecule has 0 atom stereocenters. The number of nitrogens with two attached hydrogens (primary N) is 2. The molecule has 4 aromatic rings. The van der Waals surface area contributed by atoms with Crippen molar-refractivity contribution in [1.29, 1.82) is 0 Å². The molecule has 0 fully saturated rings. The third-order valence-corrected chi connectivity index (χ3v) is 5.34. The number of thiophene rings is 1. The molecule has 1 amide bonds. The molecule has 7 heteroatoms. The van der Waals surface area contributed by atoms with Gasteiger partial charge in [0, 0.05) is 10.1 Å². The normalized spacial score (nSPS) is 11.2. The number of rotatable bonds is 2. The van der Waals surface area contributed by atoms with E-state index in [9.17, 15) is 4.79 Å². The molecule has 0 spiro atoms. The first-order valence-electron chi connectivity index (χ1n) is 7.07. The van der Waals surface area contributed by atoms with Gasteiger partial charge in [0.25, 0.3) is 0 Å². The molecule has 2 heterocycles. The van der Waals surface area contributed by atoms with Crippen LogP contribution < -0.4 is 11.5 Å². The molecule has 2 aromatic heterocycles. The number of benzene rings is 2. The second kappa shape index (κ2) is 5.43. The summed E-state index contributed by atoms with van der Waals surface area (Å²) in [5.74, 6) is -0.0712. The number of anilines is 1. The number of primary amides is 1. The number of halogens is 1. The van der Waals surface area contributed by atoms with E-state index in [0.29, 0.717) is 16.4 Å². The number of hydrogen-bond acceptors (Lipinski definition) is 5. The third kappa shape index (κ3) is 2.28. The zero-order valence-corrected chi connectivity index (χ0v) is 13.9. The van der Waals surface area contributed by atoms with Gasteiger partial charge in [0.05, 0.1) is 20.8 Å². The molecule has 4 N–H and O–H groups in total. The molecule has 24 heavy (non-hydrogen) atoms. The minimum absolute atomic E-state index is 0.306. The Labute approximate surface area is 145 Å². The molecule has 5 nitrogen and oxygen atoms in total. The second-order valence-electron chi connectivity index (χ2n) is 5.31. The minimum Gasteiger partial charge on any atom is -0.382 e. The minimum atomic E-state index is -0.548. The van der Waals surface area contributed by atoms with E-state index in [2.05, 4.69) is 9.97 Å². The van der Waals surface area contributed by atoms with Crippen molar-refractivity contribution in [2.24, 2.45) is 5.73 Å². The first-order valence-corrected chi connectivity index (χ1v) is 8.26. The van der Waals surface area contributed by atoms with Gasteiger partial charge >= 0.3 is 0 Å². The predicted molar refractivity (Wildman–Crippen MR) is 98.3 cm³/mol. The first kappa shape index (κ1) is 14.9. The topological polar surface area (TPSA) is 94.9 Å². The number of nitrogens with zero attached hydrogens (tertiary/aromatic N) is 2. The van der Waals surface area contributed by atoms with Crippen LogP contribution in [0.2, 0.25) is 5.02 Å². The Hall–Kier alpha value is -2.70. The van der Waals surface area contributed by atoms with Crippen LogP contribution in [0, 0.1) is 0 Å². The van der Waals surface area contributed by atoms with Gasteiger partial charge in [-0.1, -0.05) is 29.8 Å².